The molecular weight excluding hydrogens is 378 g/mol. The third-order valence-electron chi connectivity index (χ3n) is 3.87. The molecule has 0 atom stereocenters. The summed E-state index contributed by atoms with van der Waals surface area (Å²) in [6.45, 7) is 4.34. The van der Waals surface area contributed by atoms with Crippen molar-refractivity contribution < 1.29 is 18.3 Å². The SMILES string of the molecule is CCCOc1cc(Nc2ccc(NC(=O)c3c(F)cccc3F)cc2)nc(C)n1. The Bertz CT molecular complexity index is 990. The first-order chi connectivity index (χ1) is 14.0. The zero-order chi connectivity index (χ0) is 20.8. The Morgan fingerprint density at radius 2 is 1.69 bits per heavy atom. The molecule has 1 aromatic heterocycles. The molecule has 0 spiro atoms. The Morgan fingerprint density at radius 1 is 1.03 bits per heavy atom. The van der Waals surface area contributed by atoms with Gasteiger partial charge in [-0.3, -0.25) is 4.79 Å². The Kier molecular flexibility index (Phi) is 6.33. The fourth-order valence-electron chi connectivity index (χ4n) is 2.58. The summed E-state index contributed by atoms with van der Waals surface area (Å²) < 4.78 is 33.0. The molecule has 0 saturated carbocycles. The molecule has 0 aliphatic carbocycles. The summed E-state index contributed by atoms with van der Waals surface area (Å²) in [5.74, 6) is -1.07. The topological polar surface area (TPSA) is 76.1 Å². The molecule has 3 aromatic rings. The molecule has 6 nitrogen and oxygen atoms in total. The number of halogens is 2. The summed E-state index contributed by atoms with van der Waals surface area (Å²) in [4.78, 5) is 20.7. The van der Waals surface area contributed by atoms with Gasteiger partial charge in [-0.05, 0) is 49.7 Å². The summed E-state index contributed by atoms with van der Waals surface area (Å²) >= 11 is 0. The number of aromatic nitrogens is 2. The van der Waals surface area contributed by atoms with Crippen LogP contribution in [-0.4, -0.2) is 22.5 Å². The van der Waals surface area contributed by atoms with Crippen molar-refractivity contribution in [3.63, 3.8) is 0 Å². The Labute approximate surface area is 167 Å². The van der Waals surface area contributed by atoms with Crippen LogP contribution in [0.25, 0.3) is 0 Å². The maximum atomic E-state index is 13.7. The lowest BCUT2D eigenvalue weighted by molar-refractivity contribution is 0.101. The van der Waals surface area contributed by atoms with Crippen molar-refractivity contribution in [2.45, 2.75) is 20.3 Å². The highest BCUT2D eigenvalue weighted by Crippen LogP contribution is 2.21. The lowest BCUT2D eigenvalue weighted by Crippen LogP contribution is -2.15. The molecule has 0 aliphatic rings. The van der Waals surface area contributed by atoms with E-state index in [1.54, 1.807) is 37.3 Å². The van der Waals surface area contributed by atoms with Crippen molar-refractivity contribution in [1.82, 2.24) is 9.97 Å². The first-order valence-electron chi connectivity index (χ1n) is 9.07. The fourth-order valence-corrected chi connectivity index (χ4v) is 2.58. The van der Waals surface area contributed by atoms with Crippen molar-refractivity contribution in [2.75, 3.05) is 17.2 Å². The van der Waals surface area contributed by atoms with Gasteiger partial charge in [-0.15, -0.1) is 0 Å². The van der Waals surface area contributed by atoms with E-state index in [1.165, 1.54) is 6.07 Å². The first-order valence-corrected chi connectivity index (χ1v) is 9.07. The maximum absolute atomic E-state index is 13.7. The molecule has 0 unspecified atom stereocenters. The van der Waals surface area contributed by atoms with Gasteiger partial charge in [0, 0.05) is 17.4 Å². The number of hydrogen-bond acceptors (Lipinski definition) is 5. The molecule has 0 radical (unpaired) electrons. The monoisotopic (exact) mass is 398 g/mol. The average molecular weight is 398 g/mol. The first kappa shape index (κ1) is 20.2. The van der Waals surface area contributed by atoms with E-state index in [0.717, 1.165) is 18.6 Å². The van der Waals surface area contributed by atoms with Crippen molar-refractivity contribution in [3.8, 4) is 5.88 Å². The molecule has 2 N–H and O–H groups in total. The zero-order valence-corrected chi connectivity index (χ0v) is 16.0. The van der Waals surface area contributed by atoms with E-state index >= 15 is 0 Å². The van der Waals surface area contributed by atoms with Gasteiger partial charge in [-0.25, -0.2) is 13.8 Å². The summed E-state index contributed by atoms with van der Waals surface area (Å²) in [6, 6.07) is 11.6. The molecule has 3 rings (SSSR count). The largest absolute Gasteiger partial charge is 0.478 e. The molecule has 0 saturated heterocycles. The summed E-state index contributed by atoms with van der Waals surface area (Å²) in [5, 5.41) is 5.61. The molecule has 1 heterocycles. The van der Waals surface area contributed by atoms with Gasteiger partial charge < -0.3 is 15.4 Å². The normalized spacial score (nSPS) is 10.5. The van der Waals surface area contributed by atoms with E-state index in [9.17, 15) is 13.6 Å². The van der Waals surface area contributed by atoms with Crippen LogP contribution in [0.3, 0.4) is 0 Å². The van der Waals surface area contributed by atoms with Crippen LogP contribution in [0.2, 0.25) is 0 Å². The van der Waals surface area contributed by atoms with E-state index in [1.807, 2.05) is 6.92 Å². The Hall–Kier alpha value is -3.55. The average Bonchev–Trinajstić information content (AvgIpc) is 2.67. The number of benzene rings is 2. The van der Waals surface area contributed by atoms with Crippen molar-refractivity contribution >= 4 is 23.1 Å². The van der Waals surface area contributed by atoms with E-state index in [2.05, 4.69) is 20.6 Å². The quantitative estimate of drug-likeness (QED) is 0.595. The molecule has 1 amide bonds. The molecule has 150 valence electrons. The van der Waals surface area contributed by atoms with Gasteiger partial charge in [-0.2, -0.15) is 4.98 Å². The fraction of sp³-hybridized carbons (Fsp3) is 0.190. The van der Waals surface area contributed by atoms with Crippen molar-refractivity contribution in [1.29, 1.82) is 0 Å². The van der Waals surface area contributed by atoms with Gasteiger partial charge in [-0.1, -0.05) is 13.0 Å². The molecule has 2 aromatic carbocycles. The van der Waals surface area contributed by atoms with Crippen LogP contribution < -0.4 is 15.4 Å². The number of hydrogen-bond donors (Lipinski definition) is 2. The van der Waals surface area contributed by atoms with Crippen LogP contribution in [0.4, 0.5) is 26.0 Å². The van der Waals surface area contributed by atoms with Crippen LogP contribution in [0.5, 0.6) is 5.88 Å². The van der Waals surface area contributed by atoms with E-state index < -0.39 is 23.1 Å². The molecule has 29 heavy (non-hydrogen) atoms. The second-order valence-electron chi connectivity index (χ2n) is 6.24. The van der Waals surface area contributed by atoms with Gasteiger partial charge >= 0.3 is 0 Å². The lowest BCUT2D eigenvalue weighted by atomic mass is 10.1. The highest BCUT2D eigenvalue weighted by atomic mass is 19.1. The molecule has 8 heteroatoms. The Morgan fingerprint density at radius 3 is 2.34 bits per heavy atom. The molecular formula is C21H20F2N4O2. The highest BCUT2D eigenvalue weighted by molar-refractivity contribution is 6.04. The minimum Gasteiger partial charge on any atom is -0.478 e. The number of ether oxygens (including phenoxy) is 1. The maximum Gasteiger partial charge on any atom is 0.261 e. The molecule has 0 bridgehead atoms. The zero-order valence-electron chi connectivity index (χ0n) is 16.0. The highest BCUT2D eigenvalue weighted by Gasteiger charge is 2.17. The Balaban J connectivity index is 1.69. The third kappa shape index (κ3) is 5.25. The number of nitrogens with one attached hydrogen (secondary N) is 2. The predicted octanol–water partition coefficient (Wildman–Crippen LogP) is 4.85. The van der Waals surface area contributed by atoms with Gasteiger partial charge in [0.25, 0.3) is 5.91 Å². The number of aryl methyl sites for hydroxylation is 1. The minimum atomic E-state index is -0.916. The molecule has 0 fully saturated rings. The number of nitrogens with zero attached hydrogens (tertiary/aromatic N) is 2. The number of carbonyl (C=O) groups is 1. The van der Waals surface area contributed by atoms with Crippen LogP contribution in [-0.2, 0) is 0 Å². The van der Waals surface area contributed by atoms with Crippen LogP contribution in [0, 0.1) is 18.6 Å². The van der Waals surface area contributed by atoms with Gasteiger partial charge in [0.1, 0.15) is 28.8 Å². The summed E-state index contributed by atoms with van der Waals surface area (Å²) in [5.41, 5.74) is 0.486. The van der Waals surface area contributed by atoms with Crippen molar-refractivity contribution in [2.24, 2.45) is 0 Å². The summed E-state index contributed by atoms with van der Waals surface area (Å²) in [7, 11) is 0. The van der Waals surface area contributed by atoms with Crippen LogP contribution in [0.15, 0.2) is 48.5 Å². The van der Waals surface area contributed by atoms with Crippen molar-refractivity contribution in [3.05, 3.63) is 71.6 Å². The number of anilines is 3. The smallest absolute Gasteiger partial charge is 0.261 e. The number of rotatable bonds is 7. The van der Waals surface area contributed by atoms with E-state index in [0.29, 0.717) is 35.5 Å². The van der Waals surface area contributed by atoms with Gasteiger partial charge in [0.2, 0.25) is 5.88 Å². The van der Waals surface area contributed by atoms with Gasteiger partial charge in [0.15, 0.2) is 0 Å². The van der Waals surface area contributed by atoms with Gasteiger partial charge in [0.05, 0.1) is 6.61 Å². The van der Waals surface area contributed by atoms with E-state index in [-0.39, 0.29) is 0 Å². The van der Waals surface area contributed by atoms with Crippen LogP contribution >= 0.6 is 0 Å². The predicted molar refractivity (Wildman–Crippen MR) is 107 cm³/mol. The standard InChI is InChI=1S/C21H20F2N4O2/c1-3-11-29-19-12-18(24-13(2)25-19)26-14-7-9-15(10-8-14)27-21(28)20-16(22)5-4-6-17(20)23/h4-10,12H,3,11H2,1-2H3,(H,27,28)(H,24,25,26). The third-order valence-corrected chi connectivity index (χ3v) is 3.87. The van der Waals surface area contributed by atoms with E-state index in [4.69, 9.17) is 4.74 Å². The number of carbonyl (C=O) groups excluding carboxylic acids is 1. The number of amides is 1. The van der Waals surface area contributed by atoms with Crippen LogP contribution in [0.1, 0.15) is 29.5 Å². The minimum absolute atomic E-state index is 0.397. The lowest BCUT2D eigenvalue weighted by Gasteiger charge is -2.11. The second-order valence-corrected chi connectivity index (χ2v) is 6.24. The second kappa shape index (κ2) is 9.09. The summed E-state index contributed by atoms with van der Waals surface area (Å²) in [6.07, 6.45) is 0.871. The molecule has 0 aliphatic heterocycles.